The van der Waals surface area contributed by atoms with Crippen LogP contribution in [-0.4, -0.2) is 4.98 Å². The minimum atomic E-state index is 0.726. The van der Waals surface area contributed by atoms with Gasteiger partial charge in [0.25, 0.3) is 0 Å². The molecule has 0 fully saturated rings. The molecule has 0 aliphatic rings. The summed E-state index contributed by atoms with van der Waals surface area (Å²) in [6.45, 7) is 0. The third-order valence-corrected chi connectivity index (χ3v) is 5.61. The van der Waals surface area contributed by atoms with Crippen molar-refractivity contribution >= 4 is 11.6 Å². The minimum Gasteiger partial charge on any atom is -0.264 e. The molecular formula is C29H20ClN. The van der Waals surface area contributed by atoms with Crippen LogP contribution >= 0.6 is 11.6 Å². The number of benzene rings is 4. The molecule has 5 aromatic rings. The maximum atomic E-state index is 6.55. The van der Waals surface area contributed by atoms with Gasteiger partial charge < -0.3 is 0 Å². The summed E-state index contributed by atoms with van der Waals surface area (Å²) in [7, 11) is 0. The van der Waals surface area contributed by atoms with Crippen LogP contribution < -0.4 is 0 Å². The molecule has 1 aromatic heterocycles. The Bertz CT molecular complexity index is 1230. The molecule has 31 heavy (non-hydrogen) atoms. The maximum absolute atomic E-state index is 6.55. The second-order valence-electron chi connectivity index (χ2n) is 7.50. The quantitative estimate of drug-likeness (QED) is 0.286. The monoisotopic (exact) mass is 417 g/mol. The van der Waals surface area contributed by atoms with Crippen molar-refractivity contribution in [2.45, 2.75) is 0 Å². The van der Waals surface area contributed by atoms with Crippen LogP contribution in [0.5, 0.6) is 0 Å². The molecule has 0 radical (unpaired) electrons. The van der Waals surface area contributed by atoms with Gasteiger partial charge in [-0.1, -0.05) is 84.4 Å². The lowest BCUT2D eigenvalue weighted by Crippen LogP contribution is -1.86. The lowest BCUT2D eigenvalue weighted by Gasteiger charge is -2.11. The van der Waals surface area contributed by atoms with Crippen LogP contribution in [0.25, 0.3) is 44.5 Å². The Morgan fingerprint density at radius 1 is 0.419 bits per heavy atom. The van der Waals surface area contributed by atoms with Gasteiger partial charge in [-0.05, 0) is 75.3 Å². The van der Waals surface area contributed by atoms with Gasteiger partial charge in [0.1, 0.15) is 0 Å². The van der Waals surface area contributed by atoms with Crippen LogP contribution in [0.3, 0.4) is 0 Å². The number of hydrogen-bond acceptors (Lipinski definition) is 1. The summed E-state index contributed by atoms with van der Waals surface area (Å²) in [5, 5.41) is 0.726. The Labute approximate surface area is 187 Å². The maximum Gasteiger partial charge on any atom is 0.0418 e. The van der Waals surface area contributed by atoms with Crippen molar-refractivity contribution < 1.29 is 0 Å². The topological polar surface area (TPSA) is 12.9 Å². The van der Waals surface area contributed by atoms with Gasteiger partial charge in [-0.2, -0.15) is 0 Å². The normalized spacial score (nSPS) is 10.7. The SMILES string of the molecule is Clc1cc(-c2cccc(-c3ccccc3)c2)cc(-c2cccc(-c3cccnc3)c2)c1. The van der Waals surface area contributed by atoms with E-state index in [4.69, 9.17) is 11.6 Å². The number of pyridine rings is 1. The van der Waals surface area contributed by atoms with Crippen molar-refractivity contribution in [1.82, 2.24) is 4.98 Å². The Morgan fingerprint density at radius 3 is 1.48 bits per heavy atom. The zero-order valence-corrected chi connectivity index (χ0v) is 17.6. The molecule has 4 aromatic carbocycles. The van der Waals surface area contributed by atoms with Crippen LogP contribution in [0.15, 0.2) is 122 Å². The van der Waals surface area contributed by atoms with E-state index in [0.717, 1.165) is 38.4 Å². The van der Waals surface area contributed by atoms with Gasteiger partial charge in [0.15, 0.2) is 0 Å². The Balaban J connectivity index is 1.56. The van der Waals surface area contributed by atoms with Gasteiger partial charge in [0, 0.05) is 23.0 Å². The van der Waals surface area contributed by atoms with E-state index in [1.165, 1.54) is 11.1 Å². The summed E-state index contributed by atoms with van der Waals surface area (Å²) in [4.78, 5) is 4.24. The molecule has 5 rings (SSSR count). The molecule has 0 aliphatic carbocycles. The first-order valence-corrected chi connectivity index (χ1v) is 10.6. The van der Waals surface area contributed by atoms with Gasteiger partial charge in [-0.3, -0.25) is 4.98 Å². The molecule has 2 heteroatoms. The summed E-state index contributed by atoms with van der Waals surface area (Å²) in [6.07, 6.45) is 3.68. The summed E-state index contributed by atoms with van der Waals surface area (Å²) < 4.78 is 0. The minimum absolute atomic E-state index is 0.726. The Morgan fingerprint density at radius 2 is 0.903 bits per heavy atom. The number of halogens is 1. The van der Waals surface area contributed by atoms with E-state index in [9.17, 15) is 0 Å². The summed E-state index contributed by atoms with van der Waals surface area (Å²) >= 11 is 6.55. The fourth-order valence-electron chi connectivity index (χ4n) is 3.84. The second-order valence-corrected chi connectivity index (χ2v) is 7.93. The summed E-state index contributed by atoms with van der Waals surface area (Å²) in [5.41, 5.74) is 9.11. The van der Waals surface area contributed by atoms with Gasteiger partial charge in [0.05, 0.1) is 0 Å². The van der Waals surface area contributed by atoms with Gasteiger partial charge in [-0.25, -0.2) is 0 Å². The van der Waals surface area contributed by atoms with Crippen LogP contribution in [0.2, 0.25) is 5.02 Å². The number of rotatable bonds is 4. The van der Waals surface area contributed by atoms with E-state index in [-0.39, 0.29) is 0 Å². The predicted octanol–water partition coefficient (Wildman–Crippen LogP) is 8.40. The van der Waals surface area contributed by atoms with E-state index >= 15 is 0 Å². The van der Waals surface area contributed by atoms with Crippen molar-refractivity contribution in [1.29, 1.82) is 0 Å². The van der Waals surface area contributed by atoms with Crippen molar-refractivity contribution in [2.24, 2.45) is 0 Å². The largest absolute Gasteiger partial charge is 0.264 e. The first kappa shape index (κ1) is 19.3. The van der Waals surface area contributed by atoms with E-state index in [2.05, 4.69) is 89.9 Å². The number of nitrogens with zero attached hydrogens (tertiary/aromatic N) is 1. The number of aromatic nitrogens is 1. The third kappa shape index (κ3) is 4.28. The second kappa shape index (κ2) is 8.59. The average Bonchev–Trinajstić information content (AvgIpc) is 2.85. The van der Waals surface area contributed by atoms with E-state index in [1.54, 1.807) is 6.20 Å². The molecule has 148 valence electrons. The first-order chi connectivity index (χ1) is 15.3. The molecule has 1 heterocycles. The smallest absolute Gasteiger partial charge is 0.0418 e. The van der Waals surface area contributed by atoms with E-state index in [1.807, 2.05) is 30.5 Å². The molecule has 0 unspecified atom stereocenters. The zero-order chi connectivity index (χ0) is 21.0. The van der Waals surface area contributed by atoms with Crippen molar-refractivity contribution in [3.05, 3.63) is 127 Å². The molecule has 0 saturated carbocycles. The molecule has 1 nitrogen and oxygen atoms in total. The highest BCUT2D eigenvalue weighted by molar-refractivity contribution is 6.31. The lowest BCUT2D eigenvalue weighted by molar-refractivity contribution is 1.33. The predicted molar refractivity (Wildman–Crippen MR) is 131 cm³/mol. The van der Waals surface area contributed by atoms with E-state index < -0.39 is 0 Å². The lowest BCUT2D eigenvalue weighted by atomic mass is 9.95. The van der Waals surface area contributed by atoms with Gasteiger partial charge in [-0.15, -0.1) is 0 Å². The fraction of sp³-hybridized carbons (Fsp3) is 0. The summed E-state index contributed by atoms with van der Waals surface area (Å²) in [6, 6.07) is 37.8. The zero-order valence-electron chi connectivity index (χ0n) is 16.9. The summed E-state index contributed by atoms with van der Waals surface area (Å²) in [5.74, 6) is 0. The van der Waals surface area contributed by atoms with Gasteiger partial charge >= 0.3 is 0 Å². The molecule has 0 bridgehead atoms. The van der Waals surface area contributed by atoms with Crippen molar-refractivity contribution in [2.75, 3.05) is 0 Å². The van der Waals surface area contributed by atoms with Crippen LogP contribution in [0, 0.1) is 0 Å². The fourth-order valence-corrected chi connectivity index (χ4v) is 4.08. The van der Waals surface area contributed by atoms with Crippen molar-refractivity contribution in [3.63, 3.8) is 0 Å². The average molecular weight is 418 g/mol. The highest BCUT2D eigenvalue weighted by atomic mass is 35.5. The highest BCUT2D eigenvalue weighted by Gasteiger charge is 2.08. The Kier molecular flexibility index (Phi) is 5.35. The Hall–Kier alpha value is -3.68. The van der Waals surface area contributed by atoms with Gasteiger partial charge in [0.2, 0.25) is 0 Å². The molecule has 0 aliphatic heterocycles. The molecule has 0 spiro atoms. The van der Waals surface area contributed by atoms with Crippen LogP contribution in [0.1, 0.15) is 0 Å². The molecule has 0 amide bonds. The molecular weight excluding hydrogens is 398 g/mol. The standard InChI is InChI=1S/C29H20ClN/c30-29-18-27(24-11-4-9-22(15-24)21-7-2-1-3-8-21)17-28(19-29)25-12-5-10-23(16-25)26-13-6-14-31-20-26/h1-20H. The first-order valence-electron chi connectivity index (χ1n) is 10.2. The van der Waals surface area contributed by atoms with Crippen LogP contribution in [0.4, 0.5) is 0 Å². The van der Waals surface area contributed by atoms with Crippen molar-refractivity contribution in [3.8, 4) is 44.5 Å². The molecule has 0 atom stereocenters. The highest BCUT2D eigenvalue weighted by Crippen LogP contribution is 2.33. The molecule has 0 saturated heterocycles. The number of hydrogen-bond donors (Lipinski definition) is 0. The molecule has 0 N–H and O–H groups in total. The third-order valence-electron chi connectivity index (χ3n) is 5.39. The van der Waals surface area contributed by atoms with E-state index in [0.29, 0.717) is 0 Å². The van der Waals surface area contributed by atoms with Crippen LogP contribution in [-0.2, 0) is 0 Å².